The van der Waals surface area contributed by atoms with Crippen molar-refractivity contribution in [3.8, 4) is 6.07 Å². The largest absolute Gasteiger partial charge is 0.366 e. The second kappa shape index (κ2) is 8.93. The van der Waals surface area contributed by atoms with E-state index in [0.717, 1.165) is 11.8 Å². The van der Waals surface area contributed by atoms with Gasteiger partial charge in [0.15, 0.2) is 0 Å². The summed E-state index contributed by atoms with van der Waals surface area (Å²) < 4.78 is 14.2. The summed E-state index contributed by atoms with van der Waals surface area (Å²) in [4.78, 5) is 28.4. The molecule has 1 aliphatic rings. The zero-order valence-electron chi connectivity index (χ0n) is 15.9. The number of rotatable bonds is 4. The summed E-state index contributed by atoms with van der Waals surface area (Å²) in [6, 6.07) is 10.7. The van der Waals surface area contributed by atoms with Gasteiger partial charge in [-0.15, -0.1) is 0 Å². The van der Waals surface area contributed by atoms with Gasteiger partial charge in [0.25, 0.3) is 5.91 Å². The van der Waals surface area contributed by atoms with E-state index in [2.05, 4.69) is 10.2 Å². The molecule has 0 bridgehead atoms. The normalized spacial score (nSPS) is 13.7. The first-order valence-corrected chi connectivity index (χ1v) is 9.64. The van der Waals surface area contributed by atoms with Crippen LogP contribution in [-0.2, 0) is 4.79 Å². The number of halogens is 2. The quantitative estimate of drug-likeness (QED) is 0.828. The van der Waals surface area contributed by atoms with E-state index in [1.54, 1.807) is 18.2 Å². The lowest BCUT2D eigenvalue weighted by Crippen LogP contribution is -2.48. The molecule has 3 rings (SSSR count). The Labute approximate surface area is 173 Å². The second-order valence-electron chi connectivity index (χ2n) is 6.64. The van der Waals surface area contributed by atoms with Crippen LogP contribution in [0.4, 0.5) is 15.8 Å². The number of nitrogens with one attached hydrogen (secondary N) is 1. The number of nitriles is 1. The summed E-state index contributed by atoms with van der Waals surface area (Å²) in [5.41, 5.74) is 1.19. The summed E-state index contributed by atoms with van der Waals surface area (Å²) in [7, 11) is 0. The van der Waals surface area contributed by atoms with Crippen LogP contribution in [0.1, 0.15) is 29.3 Å². The molecule has 0 aromatic heterocycles. The Hall–Kier alpha value is -3.11. The van der Waals surface area contributed by atoms with Crippen molar-refractivity contribution in [3.63, 3.8) is 0 Å². The minimum Gasteiger partial charge on any atom is -0.366 e. The first kappa shape index (κ1) is 20.6. The van der Waals surface area contributed by atoms with Crippen LogP contribution in [0.25, 0.3) is 0 Å². The molecule has 6 nitrogen and oxygen atoms in total. The molecule has 1 aliphatic heterocycles. The van der Waals surface area contributed by atoms with Crippen LogP contribution in [0, 0.1) is 17.1 Å². The minimum absolute atomic E-state index is 0.116. The lowest BCUT2D eigenvalue weighted by atomic mass is 10.1. The second-order valence-corrected chi connectivity index (χ2v) is 7.08. The molecule has 1 N–H and O–H groups in total. The predicted octanol–water partition coefficient (Wildman–Crippen LogP) is 3.66. The van der Waals surface area contributed by atoms with Crippen molar-refractivity contribution >= 4 is 34.8 Å². The fourth-order valence-corrected chi connectivity index (χ4v) is 3.44. The van der Waals surface area contributed by atoms with Gasteiger partial charge >= 0.3 is 0 Å². The number of hydrogen-bond donors (Lipinski definition) is 1. The molecule has 0 saturated carbocycles. The molecule has 150 valence electrons. The Kier molecular flexibility index (Phi) is 6.35. The molecule has 0 unspecified atom stereocenters. The van der Waals surface area contributed by atoms with E-state index in [-0.39, 0.29) is 17.0 Å². The van der Waals surface area contributed by atoms with Crippen molar-refractivity contribution < 1.29 is 14.0 Å². The van der Waals surface area contributed by atoms with Crippen LogP contribution in [0.3, 0.4) is 0 Å². The molecule has 2 amide bonds. The number of amides is 2. The van der Waals surface area contributed by atoms with E-state index in [4.69, 9.17) is 16.9 Å². The highest BCUT2D eigenvalue weighted by Crippen LogP contribution is 2.30. The van der Waals surface area contributed by atoms with Crippen LogP contribution in [0.2, 0.25) is 5.02 Å². The molecule has 1 fully saturated rings. The maximum atomic E-state index is 14.2. The number of piperazine rings is 1. The summed E-state index contributed by atoms with van der Waals surface area (Å²) in [5.74, 6) is -1.28. The van der Waals surface area contributed by atoms with E-state index in [1.807, 2.05) is 17.9 Å². The highest BCUT2D eigenvalue weighted by Gasteiger charge is 2.23. The van der Waals surface area contributed by atoms with Crippen LogP contribution in [0.5, 0.6) is 0 Å². The fourth-order valence-electron chi connectivity index (χ4n) is 3.26. The van der Waals surface area contributed by atoms with Crippen molar-refractivity contribution in [3.05, 3.63) is 58.4 Å². The zero-order valence-corrected chi connectivity index (χ0v) is 16.7. The molecule has 0 atom stereocenters. The molecule has 2 aromatic carbocycles. The van der Waals surface area contributed by atoms with E-state index >= 15 is 0 Å². The highest BCUT2D eigenvalue weighted by molar-refractivity contribution is 6.31. The van der Waals surface area contributed by atoms with Gasteiger partial charge in [-0.25, -0.2) is 4.39 Å². The number of carbonyl (C=O) groups excluding carboxylic acids is 2. The Balaban J connectivity index is 1.80. The zero-order chi connectivity index (χ0) is 21.0. The van der Waals surface area contributed by atoms with Crippen LogP contribution in [0.15, 0.2) is 36.4 Å². The summed E-state index contributed by atoms with van der Waals surface area (Å²) in [5, 5.41) is 12.0. The Bertz CT molecular complexity index is 981. The average molecular weight is 415 g/mol. The van der Waals surface area contributed by atoms with E-state index in [1.165, 1.54) is 12.1 Å². The highest BCUT2D eigenvalue weighted by atomic mass is 35.5. The molecular weight excluding hydrogens is 395 g/mol. The number of carbonyl (C=O) groups is 2. The van der Waals surface area contributed by atoms with Gasteiger partial charge in [-0.1, -0.05) is 18.5 Å². The molecule has 2 aromatic rings. The van der Waals surface area contributed by atoms with Gasteiger partial charge in [0.05, 0.1) is 28.6 Å². The number of hydrogen-bond acceptors (Lipinski definition) is 4. The minimum atomic E-state index is -0.767. The molecule has 1 heterocycles. The van der Waals surface area contributed by atoms with Gasteiger partial charge in [0, 0.05) is 37.6 Å². The maximum Gasteiger partial charge on any atom is 0.258 e. The SMILES string of the molecule is CCC(=O)N1CCN(c2ccc(Cl)cc2NC(=O)c2ccc(C#N)cc2F)CC1. The molecular formula is C21H20ClFN4O2. The van der Waals surface area contributed by atoms with Crippen molar-refractivity contribution in [2.24, 2.45) is 0 Å². The van der Waals surface area contributed by atoms with Crippen molar-refractivity contribution in [2.45, 2.75) is 13.3 Å². The third kappa shape index (κ3) is 4.66. The first-order chi connectivity index (χ1) is 13.9. The van der Waals surface area contributed by atoms with Gasteiger partial charge in [0.2, 0.25) is 5.91 Å². The third-order valence-corrected chi connectivity index (χ3v) is 5.06. The lowest BCUT2D eigenvalue weighted by Gasteiger charge is -2.37. The van der Waals surface area contributed by atoms with Crippen molar-refractivity contribution in [1.82, 2.24) is 4.90 Å². The maximum absolute atomic E-state index is 14.2. The van der Waals surface area contributed by atoms with Crippen molar-refractivity contribution in [1.29, 1.82) is 5.26 Å². The van der Waals surface area contributed by atoms with Gasteiger partial charge in [-0.2, -0.15) is 5.26 Å². The summed E-state index contributed by atoms with van der Waals surface area (Å²) >= 11 is 6.11. The number of nitrogens with zero attached hydrogens (tertiary/aromatic N) is 3. The third-order valence-electron chi connectivity index (χ3n) is 4.83. The lowest BCUT2D eigenvalue weighted by molar-refractivity contribution is -0.131. The summed E-state index contributed by atoms with van der Waals surface area (Å²) in [6.07, 6.45) is 0.471. The van der Waals surface area contributed by atoms with E-state index in [9.17, 15) is 14.0 Å². The van der Waals surface area contributed by atoms with E-state index in [0.29, 0.717) is 43.3 Å². The monoisotopic (exact) mass is 414 g/mol. The molecule has 0 aliphatic carbocycles. The Morgan fingerprint density at radius 3 is 2.52 bits per heavy atom. The van der Waals surface area contributed by atoms with Crippen molar-refractivity contribution in [2.75, 3.05) is 36.4 Å². The predicted molar refractivity (Wildman–Crippen MR) is 110 cm³/mol. The average Bonchev–Trinajstić information content (AvgIpc) is 2.73. The molecule has 8 heteroatoms. The topological polar surface area (TPSA) is 76.4 Å². The van der Waals surface area contributed by atoms with Gasteiger partial charge in [-0.05, 0) is 36.4 Å². The van der Waals surface area contributed by atoms with Gasteiger partial charge in [0.1, 0.15) is 5.82 Å². The molecule has 29 heavy (non-hydrogen) atoms. The fraction of sp³-hybridized carbons (Fsp3) is 0.286. The first-order valence-electron chi connectivity index (χ1n) is 9.26. The van der Waals surface area contributed by atoms with Gasteiger partial charge < -0.3 is 15.1 Å². The standard InChI is InChI=1S/C21H20ClFN4O2/c1-2-20(28)27-9-7-26(8-10-27)19-6-4-15(22)12-18(19)25-21(29)16-5-3-14(13-24)11-17(16)23/h3-6,11-12H,2,7-10H2,1H3,(H,25,29). The smallest absolute Gasteiger partial charge is 0.258 e. The molecule has 0 radical (unpaired) electrons. The molecule has 0 spiro atoms. The van der Waals surface area contributed by atoms with Gasteiger partial charge in [-0.3, -0.25) is 9.59 Å². The van der Waals surface area contributed by atoms with Crippen LogP contribution in [-0.4, -0.2) is 42.9 Å². The van der Waals surface area contributed by atoms with E-state index < -0.39 is 11.7 Å². The van der Waals surface area contributed by atoms with Crippen LogP contribution < -0.4 is 10.2 Å². The molecule has 1 saturated heterocycles. The summed E-state index contributed by atoms with van der Waals surface area (Å²) in [6.45, 7) is 4.24. The number of anilines is 2. The Morgan fingerprint density at radius 1 is 1.17 bits per heavy atom. The van der Waals surface area contributed by atoms with Crippen LogP contribution >= 0.6 is 11.6 Å². The number of benzene rings is 2. The Morgan fingerprint density at radius 2 is 1.90 bits per heavy atom.